The van der Waals surface area contributed by atoms with Crippen LogP contribution in [0.15, 0.2) is 18.2 Å². The summed E-state index contributed by atoms with van der Waals surface area (Å²) in [6.07, 6.45) is -0.661. The maximum atomic E-state index is 11.8. The number of nitrogens with one attached hydrogen (secondary N) is 1. The molecule has 0 radical (unpaired) electrons. The van der Waals surface area contributed by atoms with Gasteiger partial charge in [0.1, 0.15) is 6.04 Å². The Morgan fingerprint density at radius 3 is 2.26 bits per heavy atom. The van der Waals surface area contributed by atoms with Crippen LogP contribution in [0.4, 0.5) is 0 Å². The molecule has 0 unspecified atom stereocenters. The molecule has 6 heteroatoms. The summed E-state index contributed by atoms with van der Waals surface area (Å²) in [6, 6.07) is 3.51. The van der Waals surface area contributed by atoms with Gasteiger partial charge in [-0.3, -0.25) is 9.59 Å². The molecule has 102 valence electrons. The Morgan fingerprint density at radius 1 is 1.16 bits per heavy atom. The van der Waals surface area contributed by atoms with E-state index in [0.717, 1.165) is 11.1 Å². The number of hydrogen-bond donors (Lipinski definition) is 3. The lowest BCUT2D eigenvalue weighted by molar-refractivity contribution is -0.145. The molecule has 0 heterocycles. The molecule has 0 saturated heterocycles. The number of benzene rings is 1. The van der Waals surface area contributed by atoms with Gasteiger partial charge in [0.25, 0.3) is 5.91 Å². The summed E-state index contributed by atoms with van der Waals surface area (Å²) in [7, 11) is 0. The van der Waals surface area contributed by atoms with Crippen molar-refractivity contribution in [1.82, 2.24) is 5.32 Å². The second kappa shape index (κ2) is 5.99. The lowest BCUT2D eigenvalue weighted by Crippen LogP contribution is -2.42. The van der Waals surface area contributed by atoms with Crippen LogP contribution in [-0.4, -0.2) is 34.1 Å². The number of aliphatic carboxylic acids is 2. The van der Waals surface area contributed by atoms with E-state index in [1.807, 2.05) is 13.8 Å². The Morgan fingerprint density at radius 2 is 1.79 bits per heavy atom. The van der Waals surface area contributed by atoms with Gasteiger partial charge in [-0.25, -0.2) is 4.79 Å². The minimum atomic E-state index is -1.44. The zero-order valence-electron chi connectivity index (χ0n) is 10.6. The van der Waals surface area contributed by atoms with Gasteiger partial charge in [-0.1, -0.05) is 6.07 Å². The summed E-state index contributed by atoms with van der Waals surface area (Å²) in [6.45, 7) is 3.72. The Balaban J connectivity index is 2.84. The van der Waals surface area contributed by atoms with E-state index in [1.165, 1.54) is 0 Å². The smallest absolute Gasteiger partial charge is 0.326 e. The molecule has 19 heavy (non-hydrogen) atoms. The third kappa shape index (κ3) is 4.09. The monoisotopic (exact) mass is 265 g/mol. The van der Waals surface area contributed by atoms with Crippen LogP contribution in [0.2, 0.25) is 0 Å². The van der Waals surface area contributed by atoms with E-state index in [1.54, 1.807) is 18.2 Å². The number of rotatable bonds is 5. The van der Waals surface area contributed by atoms with Gasteiger partial charge in [-0.05, 0) is 37.1 Å². The molecule has 1 aromatic rings. The average Bonchev–Trinajstić information content (AvgIpc) is 2.31. The number of aryl methyl sites for hydroxylation is 2. The number of carboxylic acid groups (broad SMARTS) is 2. The Kier molecular flexibility index (Phi) is 4.63. The van der Waals surface area contributed by atoms with Crippen molar-refractivity contribution in [2.24, 2.45) is 0 Å². The van der Waals surface area contributed by atoms with E-state index < -0.39 is 30.3 Å². The Hall–Kier alpha value is -2.37. The fourth-order valence-electron chi connectivity index (χ4n) is 1.50. The summed E-state index contributed by atoms with van der Waals surface area (Å²) in [5, 5.41) is 19.6. The van der Waals surface area contributed by atoms with E-state index in [0.29, 0.717) is 5.56 Å². The maximum absolute atomic E-state index is 11.8. The van der Waals surface area contributed by atoms with E-state index in [4.69, 9.17) is 10.2 Å². The summed E-state index contributed by atoms with van der Waals surface area (Å²) in [5.74, 6) is -3.26. The van der Waals surface area contributed by atoms with Gasteiger partial charge in [0.2, 0.25) is 0 Å². The highest BCUT2D eigenvalue weighted by Crippen LogP contribution is 2.10. The minimum Gasteiger partial charge on any atom is -0.481 e. The number of hydrogen-bond acceptors (Lipinski definition) is 3. The SMILES string of the molecule is Cc1ccc(C(=O)N[C@H](CC(=O)O)C(=O)O)cc1C. The first-order valence-electron chi connectivity index (χ1n) is 5.64. The number of carbonyl (C=O) groups excluding carboxylic acids is 1. The summed E-state index contributed by atoms with van der Waals surface area (Å²) in [4.78, 5) is 33.2. The highest BCUT2D eigenvalue weighted by Gasteiger charge is 2.23. The van der Waals surface area contributed by atoms with Gasteiger partial charge in [-0.15, -0.1) is 0 Å². The summed E-state index contributed by atoms with van der Waals surface area (Å²) in [5.41, 5.74) is 2.22. The number of carboxylic acids is 2. The average molecular weight is 265 g/mol. The molecule has 0 spiro atoms. The molecule has 1 aromatic carbocycles. The minimum absolute atomic E-state index is 0.305. The standard InChI is InChI=1S/C13H15NO5/c1-7-3-4-9(5-8(7)2)12(17)14-10(13(18)19)6-11(15)16/h3-5,10H,6H2,1-2H3,(H,14,17)(H,15,16)(H,18,19)/t10-/m1/s1. The molecule has 0 bridgehead atoms. The molecular weight excluding hydrogens is 250 g/mol. The number of amides is 1. The second-order valence-corrected chi connectivity index (χ2v) is 4.26. The van der Waals surface area contributed by atoms with Gasteiger partial charge in [0.15, 0.2) is 0 Å². The topological polar surface area (TPSA) is 104 Å². The molecule has 0 aliphatic carbocycles. The third-order valence-electron chi connectivity index (χ3n) is 2.75. The van der Waals surface area contributed by atoms with Crippen molar-refractivity contribution in [1.29, 1.82) is 0 Å². The second-order valence-electron chi connectivity index (χ2n) is 4.26. The van der Waals surface area contributed by atoms with Crippen molar-refractivity contribution in [2.75, 3.05) is 0 Å². The fourth-order valence-corrected chi connectivity index (χ4v) is 1.50. The van der Waals surface area contributed by atoms with E-state index >= 15 is 0 Å². The molecule has 0 aliphatic heterocycles. The fraction of sp³-hybridized carbons (Fsp3) is 0.308. The van der Waals surface area contributed by atoms with Crippen molar-refractivity contribution >= 4 is 17.8 Å². The van der Waals surface area contributed by atoms with Crippen LogP contribution in [0.1, 0.15) is 27.9 Å². The predicted octanol–water partition coefficient (Wildman–Crippen LogP) is 0.961. The summed E-state index contributed by atoms with van der Waals surface area (Å²) >= 11 is 0. The van der Waals surface area contributed by atoms with Crippen LogP contribution in [0.25, 0.3) is 0 Å². The molecule has 0 aromatic heterocycles. The molecule has 1 amide bonds. The van der Waals surface area contributed by atoms with Crippen LogP contribution in [0.3, 0.4) is 0 Å². The largest absolute Gasteiger partial charge is 0.481 e. The van der Waals surface area contributed by atoms with E-state index in [9.17, 15) is 14.4 Å². The van der Waals surface area contributed by atoms with Crippen LogP contribution in [0.5, 0.6) is 0 Å². The Labute approximate surface area is 110 Å². The van der Waals surface area contributed by atoms with Crippen LogP contribution < -0.4 is 5.32 Å². The lowest BCUT2D eigenvalue weighted by atomic mass is 10.1. The Bertz CT molecular complexity index is 524. The van der Waals surface area contributed by atoms with Gasteiger partial charge in [0, 0.05) is 5.56 Å². The highest BCUT2D eigenvalue weighted by atomic mass is 16.4. The normalized spacial score (nSPS) is 11.7. The van der Waals surface area contributed by atoms with Crippen molar-refractivity contribution in [3.63, 3.8) is 0 Å². The first kappa shape index (κ1) is 14.7. The van der Waals surface area contributed by atoms with Gasteiger partial charge >= 0.3 is 11.9 Å². The molecule has 1 atom stereocenters. The van der Waals surface area contributed by atoms with Gasteiger partial charge in [0.05, 0.1) is 6.42 Å². The van der Waals surface area contributed by atoms with Crippen molar-refractivity contribution in [3.05, 3.63) is 34.9 Å². The van der Waals surface area contributed by atoms with Gasteiger partial charge in [-0.2, -0.15) is 0 Å². The van der Waals surface area contributed by atoms with Gasteiger partial charge < -0.3 is 15.5 Å². The van der Waals surface area contributed by atoms with Crippen molar-refractivity contribution in [3.8, 4) is 0 Å². The van der Waals surface area contributed by atoms with Crippen molar-refractivity contribution in [2.45, 2.75) is 26.3 Å². The van der Waals surface area contributed by atoms with Crippen LogP contribution in [-0.2, 0) is 9.59 Å². The summed E-state index contributed by atoms with van der Waals surface area (Å²) < 4.78 is 0. The van der Waals surface area contributed by atoms with E-state index in [-0.39, 0.29) is 0 Å². The first-order valence-corrected chi connectivity index (χ1v) is 5.64. The van der Waals surface area contributed by atoms with Crippen LogP contribution >= 0.6 is 0 Å². The predicted molar refractivity (Wildman–Crippen MR) is 67.1 cm³/mol. The van der Waals surface area contributed by atoms with Crippen LogP contribution in [0, 0.1) is 13.8 Å². The molecule has 0 aliphatic rings. The zero-order valence-corrected chi connectivity index (χ0v) is 10.6. The zero-order chi connectivity index (χ0) is 14.6. The number of carbonyl (C=O) groups is 3. The van der Waals surface area contributed by atoms with E-state index in [2.05, 4.69) is 5.32 Å². The lowest BCUT2D eigenvalue weighted by Gasteiger charge is -2.13. The molecular formula is C13H15NO5. The molecule has 0 fully saturated rings. The van der Waals surface area contributed by atoms with Crippen molar-refractivity contribution < 1.29 is 24.6 Å². The molecule has 6 nitrogen and oxygen atoms in total. The molecule has 0 saturated carbocycles. The quantitative estimate of drug-likeness (QED) is 0.735. The first-order chi connectivity index (χ1) is 8.81. The maximum Gasteiger partial charge on any atom is 0.326 e. The highest BCUT2D eigenvalue weighted by molar-refractivity contribution is 5.97. The molecule has 1 rings (SSSR count). The molecule has 3 N–H and O–H groups in total. The third-order valence-corrected chi connectivity index (χ3v) is 2.75.